The van der Waals surface area contributed by atoms with Crippen LogP contribution in [0, 0.1) is 11.8 Å². The number of benzene rings is 1. The van der Waals surface area contributed by atoms with Crippen LogP contribution in [0.25, 0.3) is 0 Å². The lowest BCUT2D eigenvalue weighted by Crippen LogP contribution is -2.02. The van der Waals surface area contributed by atoms with Crippen molar-refractivity contribution in [1.82, 2.24) is 0 Å². The van der Waals surface area contributed by atoms with Crippen LogP contribution in [0.2, 0.25) is 0 Å². The largest absolute Gasteiger partial charge is 0.469 e. The van der Waals surface area contributed by atoms with Crippen molar-refractivity contribution in [2.45, 2.75) is 84.0 Å². The molecule has 2 nitrogen and oxygen atoms in total. The maximum atomic E-state index is 11.3. The Kier molecular flexibility index (Phi) is 12.4. The van der Waals surface area contributed by atoms with Crippen molar-refractivity contribution in [3.05, 3.63) is 35.4 Å². The minimum absolute atomic E-state index is 0.169. The third-order valence-corrected chi connectivity index (χ3v) is 4.47. The fourth-order valence-corrected chi connectivity index (χ4v) is 2.88. The third-order valence-electron chi connectivity index (χ3n) is 4.47. The lowest BCUT2D eigenvalue weighted by Gasteiger charge is -2.03. The second-order valence-corrected chi connectivity index (χ2v) is 6.61. The van der Waals surface area contributed by atoms with Gasteiger partial charge >= 0.3 is 5.97 Å². The van der Waals surface area contributed by atoms with E-state index in [9.17, 15) is 4.79 Å². The SMILES string of the molecule is CCCCCCCCCCCC#Cc1ccccc1CCC(=O)OC. The standard InChI is InChI=1S/C23H34O2/c1-3-4-5-6-7-8-9-10-11-12-13-16-21-17-14-15-18-22(21)19-20-23(24)25-2/h14-15,17-18H,3-12,19-20H2,1-2H3. The predicted molar refractivity (Wildman–Crippen MR) is 106 cm³/mol. The highest BCUT2D eigenvalue weighted by Crippen LogP contribution is 2.12. The molecule has 1 aromatic rings. The molecule has 0 aromatic heterocycles. The highest BCUT2D eigenvalue weighted by Gasteiger charge is 2.04. The molecule has 0 radical (unpaired) electrons. The summed E-state index contributed by atoms with van der Waals surface area (Å²) in [5.41, 5.74) is 2.18. The Balaban J connectivity index is 2.21. The van der Waals surface area contributed by atoms with Crippen LogP contribution in [0.5, 0.6) is 0 Å². The fourth-order valence-electron chi connectivity index (χ4n) is 2.88. The first-order chi connectivity index (χ1) is 12.3. The zero-order valence-electron chi connectivity index (χ0n) is 16.1. The first-order valence-electron chi connectivity index (χ1n) is 9.91. The van der Waals surface area contributed by atoms with Gasteiger partial charge in [-0.2, -0.15) is 0 Å². The minimum Gasteiger partial charge on any atom is -0.469 e. The Morgan fingerprint density at radius 2 is 1.60 bits per heavy atom. The summed E-state index contributed by atoms with van der Waals surface area (Å²) >= 11 is 0. The molecule has 0 unspecified atom stereocenters. The molecule has 0 N–H and O–H groups in total. The first kappa shape index (κ1) is 21.3. The van der Waals surface area contributed by atoms with Gasteiger partial charge in [0.2, 0.25) is 0 Å². The number of ether oxygens (including phenoxy) is 1. The number of hydrogen-bond donors (Lipinski definition) is 0. The molecule has 0 spiro atoms. The van der Waals surface area contributed by atoms with Gasteiger partial charge in [0.25, 0.3) is 0 Å². The van der Waals surface area contributed by atoms with Gasteiger partial charge in [-0.05, 0) is 24.5 Å². The van der Waals surface area contributed by atoms with Gasteiger partial charge in [-0.25, -0.2) is 0 Å². The Labute approximate surface area is 154 Å². The number of hydrogen-bond acceptors (Lipinski definition) is 2. The molecule has 0 aliphatic rings. The Hall–Kier alpha value is -1.75. The number of esters is 1. The lowest BCUT2D eigenvalue weighted by molar-refractivity contribution is -0.140. The third kappa shape index (κ3) is 10.7. The summed E-state index contributed by atoms with van der Waals surface area (Å²) in [6.45, 7) is 2.26. The Morgan fingerprint density at radius 1 is 0.960 bits per heavy atom. The molecule has 0 fully saturated rings. The number of rotatable bonds is 12. The Morgan fingerprint density at radius 3 is 2.28 bits per heavy atom. The molecule has 0 heterocycles. The molecule has 0 bridgehead atoms. The van der Waals surface area contributed by atoms with Crippen LogP contribution in [0.1, 0.15) is 88.7 Å². The average molecular weight is 343 g/mol. The molecule has 0 atom stereocenters. The predicted octanol–water partition coefficient (Wildman–Crippen LogP) is 6.06. The number of aryl methyl sites for hydroxylation is 1. The summed E-state index contributed by atoms with van der Waals surface area (Å²) < 4.78 is 4.71. The van der Waals surface area contributed by atoms with Gasteiger partial charge in [-0.3, -0.25) is 4.79 Å². The van der Waals surface area contributed by atoms with Crippen molar-refractivity contribution in [2.24, 2.45) is 0 Å². The molecule has 0 amide bonds. The normalized spacial score (nSPS) is 10.2. The van der Waals surface area contributed by atoms with Crippen LogP contribution in [-0.4, -0.2) is 13.1 Å². The van der Waals surface area contributed by atoms with E-state index >= 15 is 0 Å². The highest BCUT2D eigenvalue weighted by molar-refractivity contribution is 5.69. The number of unbranched alkanes of at least 4 members (excludes halogenated alkanes) is 9. The molecule has 0 aliphatic carbocycles. The van der Waals surface area contributed by atoms with Gasteiger partial charge in [0.1, 0.15) is 0 Å². The molecule has 0 aliphatic heterocycles. The maximum Gasteiger partial charge on any atom is 0.305 e. The zero-order valence-corrected chi connectivity index (χ0v) is 16.1. The Bertz CT molecular complexity index is 537. The van der Waals surface area contributed by atoms with E-state index in [1.807, 2.05) is 24.3 Å². The quantitative estimate of drug-likeness (QED) is 0.262. The molecule has 1 rings (SSSR count). The van der Waals surface area contributed by atoms with E-state index in [0.717, 1.165) is 17.5 Å². The zero-order chi connectivity index (χ0) is 18.2. The van der Waals surface area contributed by atoms with Crippen molar-refractivity contribution in [3.8, 4) is 11.8 Å². The van der Waals surface area contributed by atoms with Crippen molar-refractivity contribution >= 4 is 5.97 Å². The highest BCUT2D eigenvalue weighted by atomic mass is 16.5. The van der Waals surface area contributed by atoms with Gasteiger partial charge < -0.3 is 4.74 Å². The van der Waals surface area contributed by atoms with Gasteiger partial charge in [-0.1, -0.05) is 88.3 Å². The average Bonchev–Trinajstić information content (AvgIpc) is 2.64. The summed E-state index contributed by atoms with van der Waals surface area (Å²) in [6, 6.07) is 8.09. The molecule has 138 valence electrons. The van der Waals surface area contributed by atoms with Crippen molar-refractivity contribution in [2.75, 3.05) is 7.11 Å². The maximum absolute atomic E-state index is 11.3. The van der Waals surface area contributed by atoms with Gasteiger partial charge in [0.05, 0.1) is 7.11 Å². The summed E-state index contributed by atoms with van der Waals surface area (Å²) in [5, 5.41) is 0. The number of carbonyl (C=O) groups is 1. The van der Waals surface area contributed by atoms with Crippen LogP contribution < -0.4 is 0 Å². The van der Waals surface area contributed by atoms with E-state index in [0.29, 0.717) is 12.8 Å². The number of carbonyl (C=O) groups excluding carboxylic acids is 1. The van der Waals surface area contributed by atoms with E-state index in [1.165, 1.54) is 64.9 Å². The van der Waals surface area contributed by atoms with Crippen LogP contribution in [0.4, 0.5) is 0 Å². The molecule has 1 aromatic carbocycles. The second kappa shape index (κ2) is 14.6. The van der Waals surface area contributed by atoms with E-state index in [4.69, 9.17) is 4.74 Å². The second-order valence-electron chi connectivity index (χ2n) is 6.61. The smallest absolute Gasteiger partial charge is 0.305 e. The van der Waals surface area contributed by atoms with E-state index in [1.54, 1.807) is 0 Å². The van der Waals surface area contributed by atoms with Gasteiger partial charge in [0.15, 0.2) is 0 Å². The van der Waals surface area contributed by atoms with Crippen molar-refractivity contribution in [1.29, 1.82) is 0 Å². The lowest BCUT2D eigenvalue weighted by atomic mass is 10.0. The van der Waals surface area contributed by atoms with E-state index in [-0.39, 0.29) is 5.97 Å². The van der Waals surface area contributed by atoms with Crippen molar-refractivity contribution in [3.63, 3.8) is 0 Å². The molecule has 2 heteroatoms. The number of methoxy groups -OCH3 is 1. The summed E-state index contributed by atoms with van der Waals surface area (Å²) in [4.78, 5) is 11.3. The van der Waals surface area contributed by atoms with Crippen molar-refractivity contribution < 1.29 is 9.53 Å². The molecule has 0 saturated carbocycles. The van der Waals surface area contributed by atoms with E-state index < -0.39 is 0 Å². The summed E-state index contributed by atoms with van der Waals surface area (Å²) in [7, 11) is 1.43. The summed E-state index contributed by atoms with van der Waals surface area (Å²) in [6.07, 6.45) is 14.1. The molecular weight excluding hydrogens is 308 g/mol. The summed E-state index contributed by atoms with van der Waals surface area (Å²) in [5.74, 6) is 6.41. The first-order valence-corrected chi connectivity index (χ1v) is 9.91. The van der Waals surface area contributed by atoms with Crippen LogP contribution >= 0.6 is 0 Å². The van der Waals surface area contributed by atoms with Crippen LogP contribution in [0.3, 0.4) is 0 Å². The van der Waals surface area contributed by atoms with Crippen LogP contribution in [0.15, 0.2) is 24.3 Å². The van der Waals surface area contributed by atoms with Crippen LogP contribution in [-0.2, 0) is 16.0 Å². The van der Waals surface area contributed by atoms with Gasteiger partial charge in [-0.15, -0.1) is 0 Å². The molecule has 0 saturated heterocycles. The monoisotopic (exact) mass is 342 g/mol. The van der Waals surface area contributed by atoms with Gasteiger partial charge in [0, 0.05) is 18.4 Å². The van der Waals surface area contributed by atoms with E-state index in [2.05, 4.69) is 18.8 Å². The fraction of sp³-hybridized carbons (Fsp3) is 0.609. The molecular formula is C23H34O2. The topological polar surface area (TPSA) is 26.3 Å². The minimum atomic E-state index is -0.169. The molecule has 25 heavy (non-hydrogen) atoms.